The first-order chi connectivity index (χ1) is 17.8. The molecule has 2 aliphatic heterocycles. The predicted molar refractivity (Wildman–Crippen MR) is 142 cm³/mol. The normalized spacial score (nSPS) is 65.7. The number of piperidine rings is 2. The average molecular weight is 510 g/mol. The highest BCUT2D eigenvalue weighted by Gasteiger charge is 2.75. The van der Waals surface area contributed by atoms with E-state index in [1.807, 2.05) is 0 Å². The van der Waals surface area contributed by atoms with Crippen molar-refractivity contribution in [1.82, 2.24) is 4.90 Å². The fraction of sp³-hybridized carbons (Fsp3) is 1.00. The van der Waals surface area contributed by atoms with Crippen LogP contribution in [0, 0.1) is 70.0 Å². The molecule has 3 bridgehead atoms. The van der Waals surface area contributed by atoms with Gasteiger partial charge in [-0.15, -0.1) is 0 Å². The maximum Gasteiger partial charge on any atom is 0.0836 e. The third-order valence-corrected chi connectivity index (χ3v) is 15.9. The van der Waals surface area contributed by atoms with Gasteiger partial charge in [-0.05, 0) is 153 Å². The van der Waals surface area contributed by atoms with E-state index in [2.05, 4.69) is 11.8 Å². The smallest absolute Gasteiger partial charge is 0.0836 e. The van der Waals surface area contributed by atoms with Crippen molar-refractivity contribution in [2.45, 2.75) is 121 Å². The Bertz CT molecular complexity index is 971. The van der Waals surface area contributed by atoms with Gasteiger partial charge in [0.25, 0.3) is 0 Å². The van der Waals surface area contributed by atoms with E-state index in [0.717, 1.165) is 48.9 Å². The summed E-state index contributed by atoms with van der Waals surface area (Å²) in [7, 11) is 0. The van der Waals surface area contributed by atoms with Crippen LogP contribution in [-0.2, 0) is 0 Å². The molecule has 3 N–H and O–H groups in total. The van der Waals surface area contributed by atoms with Gasteiger partial charge in [0.1, 0.15) is 0 Å². The SMILES string of the molecule is CC1CCC2N(C1)CC1C3CC4C5(CCC6CCC7CC64C(CC7O)C(O)C5)C3CC3CCCC2(O)C31. The quantitative estimate of drug-likeness (QED) is 0.437. The maximum atomic E-state index is 12.6. The molecule has 7 saturated carbocycles. The minimum Gasteiger partial charge on any atom is -0.393 e. The van der Waals surface area contributed by atoms with E-state index in [4.69, 9.17) is 0 Å². The van der Waals surface area contributed by atoms with Gasteiger partial charge in [0.05, 0.1) is 17.8 Å². The number of hydrogen-bond acceptors (Lipinski definition) is 4. The Hall–Kier alpha value is -0.160. The Morgan fingerprint density at radius 3 is 2.54 bits per heavy atom. The highest BCUT2D eigenvalue weighted by atomic mass is 16.3. The molecule has 0 aromatic carbocycles. The fourth-order valence-electron chi connectivity index (χ4n) is 15.1. The molecule has 4 heteroatoms. The molecule has 7 aliphatic carbocycles. The molecule has 1 spiro atoms. The summed E-state index contributed by atoms with van der Waals surface area (Å²) in [4.78, 5) is 2.79. The minimum absolute atomic E-state index is 0.182. The topological polar surface area (TPSA) is 63.9 Å². The number of fused-ring (bicyclic) bond motifs is 5. The van der Waals surface area contributed by atoms with E-state index in [1.165, 1.54) is 83.7 Å². The molecule has 4 nitrogen and oxygen atoms in total. The number of nitrogens with zero attached hydrogens (tertiary/aromatic N) is 1. The summed E-state index contributed by atoms with van der Waals surface area (Å²) < 4.78 is 0. The summed E-state index contributed by atoms with van der Waals surface area (Å²) in [5, 5.41) is 35.5. The zero-order valence-corrected chi connectivity index (χ0v) is 23.1. The third kappa shape index (κ3) is 2.72. The molecule has 16 unspecified atom stereocenters. The lowest BCUT2D eigenvalue weighted by molar-refractivity contribution is -0.255. The van der Waals surface area contributed by atoms with Crippen LogP contribution in [0.1, 0.15) is 96.8 Å². The first-order valence-corrected chi connectivity index (χ1v) is 16.7. The third-order valence-electron chi connectivity index (χ3n) is 15.9. The van der Waals surface area contributed by atoms with Gasteiger partial charge in [-0.3, -0.25) is 4.90 Å². The van der Waals surface area contributed by atoms with Gasteiger partial charge >= 0.3 is 0 Å². The standard InChI is InChI=1S/C33H51NO3/c1-18-4-7-29-33(37)9-2-3-19-11-24-22(23(30(19)33)17-34(29)16-18)12-28-31(24)10-8-21-6-5-20-14-32(21,28)25(13-26(20)35)27(36)15-31/h18-30,35-37H,2-17H2,1H3. The molecule has 16 atom stereocenters. The Kier molecular flexibility index (Phi) is 4.81. The molecule has 2 saturated heterocycles. The van der Waals surface area contributed by atoms with Gasteiger partial charge in [-0.2, -0.15) is 0 Å². The van der Waals surface area contributed by atoms with Gasteiger partial charge in [0.2, 0.25) is 0 Å². The first kappa shape index (κ1) is 23.5. The fourth-order valence-corrected chi connectivity index (χ4v) is 15.1. The van der Waals surface area contributed by atoms with Crippen LogP contribution in [-0.4, -0.2) is 57.2 Å². The van der Waals surface area contributed by atoms with Gasteiger partial charge in [0.15, 0.2) is 0 Å². The largest absolute Gasteiger partial charge is 0.393 e. The van der Waals surface area contributed by atoms with Crippen LogP contribution in [0.15, 0.2) is 0 Å². The second-order valence-corrected chi connectivity index (χ2v) is 16.6. The minimum atomic E-state index is -0.453. The number of aliphatic hydroxyl groups excluding tert-OH is 2. The van der Waals surface area contributed by atoms with Crippen molar-refractivity contribution in [1.29, 1.82) is 0 Å². The van der Waals surface area contributed by atoms with Crippen LogP contribution in [0.4, 0.5) is 0 Å². The molecule has 9 rings (SSSR count). The number of rotatable bonds is 0. The molecule has 0 aromatic heterocycles. The van der Waals surface area contributed by atoms with E-state index >= 15 is 0 Å². The van der Waals surface area contributed by atoms with Gasteiger partial charge < -0.3 is 15.3 Å². The summed E-state index contributed by atoms with van der Waals surface area (Å²) in [6, 6.07) is 0.408. The Morgan fingerprint density at radius 2 is 1.65 bits per heavy atom. The van der Waals surface area contributed by atoms with Crippen LogP contribution in [0.2, 0.25) is 0 Å². The van der Waals surface area contributed by atoms with Crippen molar-refractivity contribution in [2.24, 2.45) is 70.0 Å². The Morgan fingerprint density at radius 1 is 0.757 bits per heavy atom. The lowest BCUT2D eigenvalue weighted by Crippen LogP contribution is -2.71. The average Bonchev–Trinajstić information content (AvgIpc) is 3.21. The van der Waals surface area contributed by atoms with Gasteiger partial charge in [-0.1, -0.05) is 13.3 Å². The predicted octanol–water partition coefficient (Wildman–Crippen LogP) is 4.85. The summed E-state index contributed by atoms with van der Waals surface area (Å²) in [5.41, 5.74) is 0.188. The zero-order valence-electron chi connectivity index (χ0n) is 23.1. The molecule has 2 heterocycles. The molecule has 0 radical (unpaired) electrons. The number of aliphatic hydroxyl groups is 3. The summed E-state index contributed by atoms with van der Waals surface area (Å²) in [5.74, 6) is 6.54. The zero-order chi connectivity index (χ0) is 24.9. The van der Waals surface area contributed by atoms with Crippen molar-refractivity contribution in [3.8, 4) is 0 Å². The molecule has 9 fully saturated rings. The molecule has 37 heavy (non-hydrogen) atoms. The first-order valence-electron chi connectivity index (χ1n) is 16.7. The lowest BCUT2D eigenvalue weighted by atomic mass is 9.35. The van der Waals surface area contributed by atoms with Gasteiger partial charge in [0, 0.05) is 19.1 Å². The van der Waals surface area contributed by atoms with Crippen molar-refractivity contribution in [3.63, 3.8) is 0 Å². The molecule has 206 valence electrons. The maximum absolute atomic E-state index is 12.6. The summed E-state index contributed by atoms with van der Waals surface area (Å²) in [6.07, 6.45) is 16.8. The molecule has 0 amide bonds. The molecular weight excluding hydrogens is 458 g/mol. The van der Waals surface area contributed by atoms with E-state index in [0.29, 0.717) is 46.5 Å². The van der Waals surface area contributed by atoms with Crippen LogP contribution in [0.5, 0.6) is 0 Å². The highest BCUT2D eigenvalue weighted by molar-refractivity contribution is 5.25. The van der Waals surface area contributed by atoms with E-state index in [9.17, 15) is 15.3 Å². The van der Waals surface area contributed by atoms with Crippen molar-refractivity contribution in [3.05, 3.63) is 0 Å². The van der Waals surface area contributed by atoms with Crippen molar-refractivity contribution < 1.29 is 15.3 Å². The van der Waals surface area contributed by atoms with Crippen molar-refractivity contribution in [2.75, 3.05) is 13.1 Å². The molecule has 0 aromatic rings. The molecule has 9 aliphatic rings. The van der Waals surface area contributed by atoms with Crippen LogP contribution >= 0.6 is 0 Å². The lowest BCUT2D eigenvalue weighted by Gasteiger charge is -2.71. The highest BCUT2D eigenvalue weighted by Crippen LogP contribution is 2.80. The van der Waals surface area contributed by atoms with Gasteiger partial charge in [-0.25, -0.2) is 0 Å². The van der Waals surface area contributed by atoms with E-state index < -0.39 is 5.60 Å². The van der Waals surface area contributed by atoms with E-state index in [1.54, 1.807) is 0 Å². The van der Waals surface area contributed by atoms with Crippen molar-refractivity contribution >= 4 is 0 Å². The van der Waals surface area contributed by atoms with Crippen LogP contribution in [0.3, 0.4) is 0 Å². The van der Waals surface area contributed by atoms with Crippen LogP contribution in [0.25, 0.3) is 0 Å². The molecular formula is C33H51NO3. The van der Waals surface area contributed by atoms with E-state index in [-0.39, 0.29) is 12.2 Å². The Balaban J connectivity index is 1.15. The summed E-state index contributed by atoms with van der Waals surface area (Å²) in [6.45, 7) is 4.87. The monoisotopic (exact) mass is 509 g/mol. The summed E-state index contributed by atoms with van der Waals surface area (Å²) >= 11 is 0. The second kappa shape index (κ2) is 7.56. The second-order valence-electron chi connectivity index (χ2n) is 16.6. The number of hydrogen-bond donors (Lipinski definition) is 3. The Labute approximate surface area is 224 Å². The van der Waals surface area contributed by atoms with Crippen LogP contribution < -0.4 is 0 Å².